The van der Waals surface area contributed by atoms with Crippen LogP contribution >= 0.6 is 27.5 Å². The Balaban J connectivity index is 2.49. The number of nitrogen functional groups attached to an aromatic ring is 1. The maximum atomic E-state index is 13.7. The fraction of sp³-hybridized carbons (Fsp3) is 0. The third-order valence-electron chi connectivity index (χ3n) is 2.51. The molecule has 0 amide bonds. The zero-order valence-corrected chi connectivity index (χ0v) is 11.7. The van der Waals surface area contributed by atoms with Crippen LogP contribution < -0.4 is 5.73 Å². The van der Waals surface area contributed by atoms with Gasteiger partial charge in [-0.2, -0.15) is 0 Å². The Morgan fingerprint density at radius 3 is 2.47 bits per heavy atom. The van der Waals surface area contributed by atoms with Gasteiger partial charge in [0.15, 0.2) is 5.78 Å². The van der Waals surface area contributed by atoms with Gasteiger partial charge in [-0.3, -0.25) is 4.79 Å². The Bertz CT molecular complexity index is 676. The summed E-state index contributed by atoms with van der Waals surface area (Å²) in [6, 6.07) is 5.77. The molecule has 2 aromatic rings. The van der Waals surface area contributed by atoms with E-state index >= 15 is 0 Å². The Morgan fingerprint density at radius 2 is 1.84 bits per heavy atom. The van der Waals surface area contributed by atoms with Crippen LogP contribution in [0.5, 0.6) is 0 Å². The van der Waals surface area contributed by atoms with Crippen LogP contribution in [0.1, 0.15) is 15.9 Å². The van der Waals surface area contributed by atoms with Crippen molar-refractivity contribution in [2.45, 2.75) is 0 Å². The molecule has 0 saturated heterocycles. The van der Waals surface area contributed by atoms with Gasteiger partial charge in [0, 0.05) is 10.0 Å². The highest BCUT2D eigenvalue weighted by Gasteiger charge is 2.17. The van der Waals surface area contributed by atoms with Gasteiger partial charge in [0.1, 0.15) is 11.6 Å². The van der Waals surface area contributed by atoms with E-state index in [9.17, 15) is 13.6 Å². The number of benzene rings is 2. The molecule has 0 unspecified atom stereocenters. The summed E-state index contributed by atoms with van der Waals surface area (Å²) in [5.41, 5.74) is 5.10. The molecule has 2 rings (SSSR count). The summed E-state index contributed by atoms with van der Waals surface area (Å²) in [6.45, 7) is 0. The maximum Gasteiger partial charge on any atom is 0.196 e. The van der Waals surface area contributed by atoms with Gasteiger partial charge < -0.3 is 5.73 Å². The molecule has 0 aliphatic heterocycles. The number of nitrogens with two attached hydrogens (primary N) is 1. The van der Waals surface area contributed by atoms with Crippen molar-refractivity contribution in [2.75, 3.05) is 5.73 Å². The van der Waals surface area contributed by atoms with Crippen LogP contribution in [0.2, 0.25) is 5.02 Å². The van der Waals surface area contributed by atoms with E-state index in [1.54, 1.807) is 0 Å². The highest BCUT2D eigenvalue weighted by Crippen LogP contribution is 2.27. The number of anilines is 1. The molecule has 0 bridgehead atoms. The van der Waals surface area contributed by atoms with E-state index in [-0.39, 0.29) is 21.8 Å². The highest BCUT2D eigenvalue weighted by atomic mass is 79.9. The van der Waals surface area contributed by atoms with Crippen LogP contribution in [0.15, 0.2) is 34.8 Å². The van der Waals surface area contributed by atoms with Crippen molar-refractivity contribution in [3.63, 3.8) is 0 Å². The fourth-order valence-corrected chi connectivity index (χ4v) is 2.02. The number of carbonyl (C=O) groups excluding carboxylic acids is 1. The maximum absolute atomic E-state index is 13.7. The molecule has 0 aromatic heterocycles. The van der Waals surface area contributed by atoms with Gasteiger partial charge in [0.25, 0.3) is 0 Å². The molecule has 0 radical (unpaired) electrons. The van der Waals surface area contributed by atoms with E-state index in [1.165, 1.54) is 12.1 Å². The Hall–Kier alpha value is -1.46. The molecule has 0 spiro atoms. The predicted octanol–water partition coefficient (Wildman–Crippen LogP) is 4.19. The molecule has 0 saturated carbocycles. The van der Waals surface area contributed by atoms with Gasteiger partial charge in [-0.1, -0.05) is 11.6 Å². The fourth-order valence-electron chi connectivity index (χ4n) is 1.54. The van der Waals surface area contributed by atoms with Gasteiger partial charge in [0.05, 0.1) is 16.3 Å². The Morgan fingerprint density at radius 1 is 1.16 bits per heavy atom. The van der Waals surface area contributed by atoms with Crippen LogP contribution in [0.4, 0.5) is 14.5 Å². The Kier molecular flexibility index (Phi) is 3.87. The molecule has 98 valence electrons. The molecule has 0 atom stereocenters. The summed E-state index contributed by atoms with van der Waals surface area (Å²) in [5.74, 6) is -1.96. The molecule has 0 aliphatic rings. The standard InChI is InChI=1S/C13H7BrClF2NO/c14-8-5-11(17)7(4-9(8)15)13(19)6-1-2-10(16)12(18)3-6/h1-5H,18H2. The van der Waals surface area contributed by atoms with Crippen molar-refractivity contribution in [2.24, 2.45) is 0 Å². The van der Waals surface area contributed by atoms with Crippen molar-refractivity contribution in [3.05, 3.63) is 62.6 Å². The summed E-state index contributed by atoms with van der Waals surface area (Å²) in [6.07, 6.45) is 0. The van der Waals surface area contributed by atoms with E-state index < -0.39 is 17.4 Å². The van der Waals surface area contributed by atoms with Crippen LogP contribution in [-0.2, 0) is 0 Å². The molecule has 19 heavy (non-hydrogen) atoms. The topological polar surface area (TPSA) is 43.1 Å². The van der Waals surface area contributed by atoms with Crippen molar-refractivity contribution in [3.8, 4) is 0 Å². The van der Waals surface area contributed by atoms with Gasteiger partial charge >= 0.3 is 0 Å². The normalized spacial score (nSPS) is 10.5. The van der Waals surface area contributed by atoms with Crippen molar-refractivity contribution in [1.82, 2.24) is 0 Å². The predicted molar refractivity (Wildman–Crippen MR) is 73.4 cm³/mol. The zero-order valence-electron chi connectivity index (χ0n) is 9.38. The van der Waals surface area contributed by atoms with Gasteiger partial charge in [0.2, 0.25) is 0 Å². The highest BCUT2D eigenvalue weighted by molar-refractivity contribution is 9.10. The molecular weight excluding hydrogens is 340 g/mol. The lowest BCUT2D eigenvalue weighted by Gasteiger charge is -2.06. The molecule has 2 N–H and O–H groups in total. The van der Waals surface area contributed by atoms with Crippen LogP contribution in [0.3, 0.4) is 0 Å². The largest absolute Gasteiger partial charge is 0.396 e. The van der Waals surface area contributed by atoms with Crippen LogP contribution in [-0.4, -0.2) is 5.78 Å². The molecule has 2 nitrogen and oxygen atoms in total. The minimum absolute atomic E-state index is 0.0937. The third kappa shape index (κ3) is 2.77. The summed E-state index contributed by atoms with van der Waals surface area (Å²) in [5, 5.41) is 0.208. The van der Waals surface area contributed by atoms with Crippen molar-refractivity contribution in [1.29, 1.82) is 0 Å². The lowest BCUT2D eigenvalue weighted by atomic mass is 10.0. The summed E-state index contributed by atoms with van der Waals surface area (Å²) >= 11 is 8.88. The minimum Gasteiger partial charge on any atom is -0.396 e. The second kappa shape index (κ2) is 5.27. The molecule has 0 fully saturated rings. The van der Waals surface area contributed by atoms with E-state index in [0.717, 1.165) is 18.2 Å². The number of ketones is 1. The molecule has 0 heterocycles. The van der Waals surface area contributed by atoms with Crippen LogP contribution in [0, 0.1) is 11.6 Å². The molecule has 2 aromatic carbocycles. The van der Waals surface area contributed by atoms with Crippen LogP contribution in [0.25, 0.3) is 0 Å². The molecule has 6 heteroatoms. The van der Waals surface area contributed by atoms with Gasteiger partial charge in [-0.05, 0) is 46.3 Å². The first-order valence-electron chi connectivity index (χ1n) is 5.14. The Labute approximate surface area is 121 Å². The van der Waals surface area contributed by atoms with Gasteiger partial charge in [-0.15, -0.1) is 0 Å². The number of halogens is 4. The van der Waals surface area contributed by atoms with E-state index in [2.05, 4.69) is 15.9 Å². The summed E-state index contributed by atoms with van der Waals surface area (Å²) in [7, 11) is 0. The van der Waals surface area contributed by atoms with E-state index in [0.29, 0.717) is 4.47 Å². The molecular formula is C13H7BrClF2NO. The zero-order chi connectivity index (χ0) is 14.2. The lowest BCUT2D eigenvalue weighted by Crippen LogP contribution is -2.06. The number of rotatable bonds is 2. The summed E-state index contributed by atoms with van der Waals surface area (Å²) in [4.78, 5) is 12.1. The lowest BCUT2D eigenvalue weighted by molar-refractivity contribution is 0.103. The SMILES string of the molecule is Nc1cc(C(=O)c2cc(Cl)c(Br)cc2F)ccc1F. The summed E-state index contributed by atoms with van der Waals surface area (Å²) < 4.78 is 27.1. The average molecular weight is 347 g/mol. The first kappa shape index (κ1) is 14.0. The number of hydrogen-bond acceptors (Lipinski definition) is 2. The second-order valence-electron chi connectivity index (χ2n) is 3.81. The van der Waals surface area contributed by atoms with E-state index in [4.69, 9.17) is 17.3 Å². The van der Waals surface area contributed by atoms with Crippen molar-refractivity contribution < 1.29 is 13.6 Å². The monoisotopic (exact) mass is 345 g/mol. The average Bonchev–Trinajstić information content (AvgIpc) is 2.36. The quantitative estimate of drug-likeness (QED) is 0.503. The van der Waals surface area contributed by atoms with E-state index in [1.807, 2.05) is 0 Å². The third-order valence-corrected chi connectivity index (χ3v) is 3.71. The first-order valence-corrected chi connectivity index (χ1v) is 6.31. The first-order chi connectivity index (χ1) is 8.90. The number of carbonyl (C=O) groups is 1. The molecule has 0 aliphatic carbocycles. The van der Waals surface area contributed by atoms with Gasteiger partial charge in [-0.25, -0.2) is 8.78 Å². The minimum atomic E-state index is -0.718. The second-order valence-corrected chi connectivity index (χ2v) is 5.07. The number of hydrogen-bond donors (Lipinski definition) is 1. The van der Waals surface area contributed by atoms with Crippen molar-refractivity contribution >= 4 is 39.0 Å². The smallest absolute Gasteiger partial charge is 0.196 e.